The van der Waals surface area contributed by atoms with Crippen LogP contribution >= 0.6 is 0 Å². The standard InChI is InChI=1S/2C13H20O.C12H17FO.CH4/c2*1-6-14-12-9-10(2)7-8-11(12)13(3,4)5;1-5-14-11-8-9(13)6-7-10(11)12(2,3)4;/h2*7-9H,6H2,1-5H3;6-8H,5H2,1-4H3;1H4. The van der Waals surface area contributed by atoms with E-state index in [9.17, 15) is 4.39 Å². The second-order valence-corrected chi connectivity index (χ2v) is 13.7. The Morgan fingerprint density at radius 1 is 0.488 bits per heavy atom. The van der Waals surface area contributed by atoms with Crippen molar-refractivity contribution in [3.05, 3.63) is 88.2 Å². The lowest BCUT2D eigenvalue weighted by atomic mass is 9.86. The molecule has 0 N–H and O–H groups in total. The van der Waals surface area contributed by atoms with Crippen LogP contribution in [0.3, 0.4) is 0 Å². The molecule has 3 nitrogen and oxygen atoms in total. The monoisotopic (exact) mass is 596 g/mol. The summed E-state index contributed by atoms with van der Waals surface area (Å²) in [6, 6.07) is 17.6. The van der Waals surface area contributed by atoms with Gasteiger partial charge in [-0.05, 0) is 96.9 Å². The highest BCUT2D eigenvalue weighted by Gasteiger charge is 2.20. The Balaban J connectivity index is 0.000000608. The molecular formula is C39H61FO3. The van der Waals surface area contributed by atoms with Gasteiger partial charge >= 0.3 is 0 Å². The molecule has 0 spiro atoms. The molecule has 3 rings (SSSR count). The molecule has 0 fully saturated rings. The Labute approximate surface area is 264 Å². The third kappa shape index (κ3) is 13.4. The van der Waals surface area contributed by atoms with Crippen molar-refractivity contribution in [2.24, 2.45) is 0 Å². The van der Waals surface area contributed by atoms with E-state index in [1.807, 2.05) is 20.8 Å². The minimum Gasteiger partial charge on any atom is -0.494 e. The fourth-order valence-corrected chi connectivity index (χ4v) is 4.44. The van der Waals surface area contributed by atoms with Crippen LogP contribution in [0.2, 0.25) is 0 Å². The van der Waals surface area contributed by atoms with Crippen LogP contribution in [-0.4, -0.2) is 19.8 Å². The first kappa shape index (κ1) is 40.0. The molecule has 0 amide bonds. The van der Waals surface area contributed by atoms with E-state index >= 15 is 0 Å². The SMILES string of the molecule is C.CCOc1cc(C)ccc1C(C)(C)C.CCOc1cc(C)ccc1C(C)(C)C.CCOc1cc(F)ccc1C(C)(C)C. The van der Waals surface area contributed by atoms with Crippen molar-refractivity contribution in [3.8, 4) is 17.2 Å². The van der Waals surface area contributed by atoms with Gasteiger partial charge in [-0.3, -0.25) is 0 Å². The lowest BCUT2D eigenvalue weighted by Crippen LogP contribution is -2.13. The molecule has 0 bridgehead atoms. The van der Waals surface area contributed by atoms with Gasteiger partial charge in [0.25, 0.3) is 0 Å². The zero-order chi connectivity index (χ0) is 32.3. The van der Waals surface area contributed by atoms with Crippen LogP contribution < -0.4 is 14.2 Å². The summed E-state index contributed by atoms with van der Waals surface area (Å²) in [5.41, 5.74) is 6.40. The molecule has 4 heteroatoms. The predicted octanol–water partition coefficient (Wildman–Crippen LogP) is 11.5. The molecule has 0 heterocycles. The first-order valence-corrected chi connectivity index (χ1v) is 15.3. The van der Waals surface area contributed by atoms with Crippen LogP contribution in [0.15, 0.2) is 54.6 Å². The highest BCUT2D eigenvalue weighted by atomic mass is 19.1. The Morgan fingerprint density at radius 2 is 0.767 bits per heavy atom. The quantitative estimate of drug-likeness (QED) is 0.283. The van der Waals surface area contributed by atoms with Gasteiger partial charge in [-0.1, -0.05) is 100 Å². The smallest absolute Gasteiger partial charge is 0.126 e. The van der Waals surface area contributed by atoms with Crippen molar-refractivity contribution in [2.45, 2.75) is 121 Å². The summed E-state index contributed by atoms with van der Waals surface area (Å²) < 4.78 is 29.7. The van der Waals surface area contributed by atoms with Crippen molar-refractivity contribution in [1.29, 1.82) is 0 Å². The summed E-state index contributed by atoms with van der Waals surface area (Å²) >= 11 is 0. The van der Waals surface area contributed by atoms with Crippen molar-refractivity contribution >= 4 is 0 Å². The van der Waals surface area contributed by atoms with Crippen LogP contribution in [-0.2, 0) is 16.2 Å². The number of ether oxygens (including phenoxy) is 3. The zero-order valence-corrected chi connectivity index (χ0v) is 28.9. The van der Waals surface area contributed by atoms with E-state index in [2.05, 4.69) is 113 Å². The summed E-state index contributed by atoms with van der Waals surface area (Å²) in [5, 5.41) is 0. The minimum atomic E-state index is -0.249. The van der Waals surface area contributed by atoms with Crippen molar-refractivity contribution < 1.29 is 18.6 Å². The molecule has 0 aliphatic heterocycles. The van der Waals surface area contributed by atoms with Crippen LogP contribution in [0, 0.1) is 19.7 Å². The number of hydrogen-bond acceptors (Lipinski definition) is 3. The lowest BCUT2D eigenvalue weighted by Gasteiger charge is -2.22. The first-order chi connectivity index (χ1) is 19.3. The summed E-state index contributed by atoms with van der Waals surface area (Å²) in [6.07, 6.45) is 0. The second-order valence-electron chi connectivity index (χ2n) is 13.7. The third-order valence-corrected chi connectivity index (χ3v) is 6.54. The molecule has 0 aromatic heterocycles. The molecule has 0 aliphatic rings. The summed E-state index contributed by atoms with van der Waals surface area (Å²) in [7, 11) is 0. The molecule has 0 aliphatic carbocycles. The lowest BCUT2D eigenvalue weighted by molar-refractivity contribution is 0.327. The van der Waals surface area contributed by atoms with E-state index < -0.39 is 0 Å². The van der Waals surface area contributed by atoms with Gasteiger partial charge in [0, 0.05) is 6.07 Å². The molecule has 0 saturated heterocycles. The van der Waals surface area contributed by atoms with E-state index in [1.165, 1.54) is 34.4 Å². The fraction of sp³-hybridized carbons (Fsp3) is 0.538. The average Bonchev–Trinajstić information content (AvgIpc) is 2.83. The average molecular weight is 597 g/mol. The summed E-state index contributed by atoms with van der Waals surface area (Å²) in [6.45, 7) is 31.7. The van der Waals surface area contributed by atoms with Gasteiger partial charge in [0.15, 0.2) is 0 Å². The number of halogens is 1. The highest BCUT2D eigenvalue weighted by Crippen LogP contribution is 2.33. The molecule has 0 radical (unpaired) electrons. The van der Waals surface area contributed by atoms with Crippen LogP contribution in [0.25, 0.3) is 0 Å². The highest BCUT2D eigenvalue weighted by molar-refractivity contribution is 5.42. The van der Waals surface area contributed by atoms with E-state index in [-0.39, 0.29) is 29.5 Å². The molecule has 242 valence electrons. The molecule has 43 heavy (non-hydrogen) atoms. The van der Waals surface area contributed by atoms with Gasteiger partial charge in [0.2, 0.25) is 0 Å². The van der Waals surface area contributed by atoms with Crippen molar-refractivity contribution in [3.63, 3.8) is 0 Å². The number of benzene rings is 3. The van der Waals surface area contributed by atoms with Gasteiger partial charge in [-0.25, -0.2) is 4.39 Å². The van der Waals surface area contributed by atoms with E-state index in [1.54, 1.807) is 6.07 Å². The Kier molecular flexibility index (Phi) is 16.1. The maximum atomic E-state index is 13.0. The zero-order valence-electron chi connectivity index (χ0n) is 28.9. The molecule has 0 atom stereocenters. The topological polar surface area (TPSA) is 27.7 Å². The maximum Gasteiger partial charge on any atom is 0.126 e. The maximum absolute atomic E-state index is 13.0. The fourth-order valence-electron chi connectivity index (χ4n) is 4.44. The first-order valence-electron chi connectivity index (χ1n) is 15.3. The largest absolute Gasteiger partial charge is 0.494 e. The Hall–Kier alpha value is -3.01. The van der Waals surface area contributed by atoms with Gasteiger partial charge < -0.3 is 14.2 Å². The molecular weight excluding hydrogens is 535 g/mol. The van der Waals surface area contributed by atoms with Gasteiger partial charge in [-0.15, -0.1) is 0 Å². The van der Waals surface area contributed by atoms with E-state index in [0.29, 0.717) is 12.4 Å². The predicted molar refractivity (Wildman–Crippen MR) is 185 cm³/mol. The van der Waals surface area contributed by atoms with Crippen LogP contribution in [0.4, 0.5) is 4.39 Å². The van der Waals surface area contributed by atoms with Crippen molar-refractivity contribution in [1.82, 2.24) is 0 Å². The van der Waals surface area contributed by atoms with Crippen LogP contribution in [0.1, 0.15) is 118 Å². The molecule has 0 unspecified atom stereocenters. The number of rotatable bonds is 6. The Bertz CT molecular complexity index is 1090. The van der Waals surface area contributed by atoms with Gasteiger partial charge in [0.05, 0.1) is 19.8 Å². The Morgan fingerprint density at radius 3 is 1.05 bits per heavy atom. The molecule has 3 aromatic carbocycles. The van der Waals surface area contributed by atoms with Gasteiger partial charge in [-0.2, -0.15) is 0 Å². The minimum absolute atomic E-state index is 0. The van der Waals surface area contributed by atoms with Crippen molar-refractivity contribution in [2.75, 3.05) is 19.8 Å². The normalized spacial score (nSPS) is 11.2. The molecule has 3 aromatic rings. The third-order valence-electron chi connectivity index (χ3n) is 6.54. The van der Waals surface area contributed by atoms with Crippen LogP contribution in [0.5, 0.6) is 17.2 Å². The second kappa shape index (κ2) is 17.3. The number of hydrogen-bond donors (Lipinski definition) is 0. The summed E-state index contributed by atoms with van der Waals surface area (Å²) in [5.74, 6) is 2.46. The summed E-state index contributed by atoms with van der Waals surface area (Å²) in [4.78, 5) is 0. The number of aryl methyl sites for hydroxylation is 2. The van der Waals surface area contributed by atoms with E-state index in [0.717, 1.165) is 30.3 Å². The molecule has 0 saturated carbocycles. The van der Waals surface area contributed by atoms with Gasteiger partial charge in [0.1, 0.15) is 23.1 Å². The van der Waals surface area contributed by atoms with E-state index in [4.69, 9.17) is 14.2 Å².